The van der Waals surface area contributed by atoms with Crippen molar-refractivity contribution < 1.29 is 8.42 Å². The summed E-state index contributed by atoms with van der Waals surface area (Å²) in [5.41, 5.74) is 0.742. The van der Waals surface area contributed by atoms with Crippen molar-refractivity contribution in [2.24, 2.45) is 5.92 Å². The summed E-state index contributed by atoms with van der Waals surface area (Å²) >= 11 is 0. The van der Waals surface area contributed by atoms with E-state index in [1.807, 2.05) is 13.8 Å². The fourth-order valence-corrected chi connectivity index (χ4v) is 5.58. The van der Waals surface area contributed by atoms with E-state index in [1.165, 1.54) is 6.20 Å². The Hall–Kier alpha value is -0.920. The Kier molecular flexibility index (Phi) is 3.83. The van der Waals surface area contributed by atoms with Crippen molar-refractivity contribution in [3.05, 3.63) is 11.9 Å². The van der Waals surface area contributed by atoms with Crippen LogP contribution in [0, 0.1) is 12.8 Å². The number of rotatable bonds is 3. The number of nitrogens with zero attached hydrogens (tertiary/aromatic N) is 4. The molecule has 6 nitrogen and oxygen atoms in total. The topological polar surface area (TPSA) is 58.4 Å². The number of sulfonamides is 1. The molecule has 0 spiro atoms. The second-order valence-electron chi connectivity index (χ2n) is 6.30. The molecule has 1 aromatic heterocycles. The zero-order valence-electron chi connectivity index (χ0n) is 13.0. The maximum Gasteiger partial charge on any atom is 0.246 e. The molecule has 7 heteroatoms. The summed E-state index contributed by atoms with van der Waals surface area (Å²) in [4.78, 5) is 2.64. The molecule has 0 radical (unpaired) electrons. The largest absolute Gasteiger partial charge is 0.304 e. The summed E-state index contributed by atoms with van der Waals surface area (Å²) in [6, 6.07) is 0.100. The number of aryl methyl sites for hydroxylation is 1. The molecule has 3 aliphatic rings. The van der Waals surface area contributed by atoms with E-state index in [-0.39, 0.29) is 6.04 Å². The number of hydrogen-bond donors (Lipinski definition) is 0. The van der Waals surface area contributed by atoms with E-state index in [2.05, 4.69) is 17.0 Å². The van der Waals surface area contributed by atoms with Gasteiger partial charge in [-0.2, -0.15) is 9.40 Å². The Morgan fingerprint density at radius 3 is 2.71 bits per heavy atom. The van der Waals surface area contributed by atoms with E-state index < -0.39 is 10.0 Å². The molecule has 0 N–H and O–H groups in total. The van der Waals surface area contributed by atoms with E-state index >= 15 is 0 Å². The predicted octanol–water partition coefficient (Wildman–Crippen LogP) is 0.926. The minimum atomic E-state index is -3.44. The summed E-state index contributed by atoms with van der Waals surface area (Å²) < 4.78 is 29.6. The lowest BCUT2D eigenvalue weighted by Crippen LogP contribution is -2.47. The van der Waals surface area contributed by atoms with Crippen LogP contribution in [0.25, 0.3) is 0 Å². The Balaban J connectivity index is 1.96. The van der Waals surface area contributed by atoms with E-state index in [9.17, 15) is 8.42 Å². The summed E-state index contributed by atoms with van der Waals surface area (Å²) in [7, 11) is -1.35. The lowest BCUT2D eigenvalue weighted by atomic mass is 9.97. The Labute approximate surface area is 126 Å². The molecule has 2 atom stereocenters. The van der Waals surface area contributed by atoms with Crippen molar-refractivity contribution in [1.29, 1.82) is 0 Å². The van der Waals surface area contributed by atoms with Gasteiger partial charge in [0.05, 0.1) is 11.9 Å². The molecule has 0 aromatic carbocycles. The first-order valence-corrected chi connectivity index (χ1v) is 9.10. The van der Waals surface area contributed by atoms with Crippen LogP contribution in [-0.2, 0) is 16.6 Å². The molecule has 4 heterocycles. The normalized spacial score (nSPS) is 28.0. The molecular formula is C14H24N4O2S. The highest BCUT2D eigenvalue weighted by atomic mass is 32.2. The summed E-state index contributed by atoms with van der Waals surface area (Å²) in [6.07, 6.45) is 3.61. The molecule has 3 fully saturated rings. The highest BCUT2D eigenvalue weighted by molar-refractivity contribution is 7.89. The van der Waals surface area contributed by atoms with Gasteiger partial charge in [0.15, 0.2) is 0 Å². The van der Waals surface area contributed by atoms with Crippen LogP contribution < -0.4 is 0 Å². The van der Waals surface area contributed by atoms with Gasteiger partial charge in [-0.1, -0.05) is 0 Å². The molecule has 3 saturated heterocycles. The fourth-order valence-electron chi connectivity index (χ4n) is 3.70. The van der Waals surface area contributed by atoms with Gasteiger partial charge in [-0.05, 0) is 39.7 Å². The highest BCUT2D eigenvalue weighted by Crippen LogP contribution is 2.32. The molecule has 0 aliphatic carbocycles. The average Bonchev–Trinajstić information content (AvgIpc) is 2.62. The van der Waals surface area contributed by atoms with Crippen LogP contribution in [0.3, 0.4) is 0 Å². The third-order valence-corrected chi connectivity index (χ3v) is 6.81. The van der Waals surface area contributed by atoms with E-state index in [4.69, 9.17) is 0 Å². The molecule has 3 aliphatic heterocycles. The smallest absolute Gasteiger partial charge is 0.246 e. The lowest BCUT2D eigenvalue weighted by Gasteiger charge is -2.34. The summed E-state index contributed by atoms with van der Waals surface area (Å²) in [6.45, 7) is 6.97. The quantitative estimate of drug-likeness (QED) is 0.833. The van der Waals surface area contributed by atoms with Crippen molar-refractivity contribution in [2.45, 2.75) is 44.2 Å². The van der Waals surface area contributed by atoms with Gasteiger partial charge in [0.2, 0.25) is 10.0 Å². The molecule has 0 unspecified atom stereocenters. The van der Waals surface area contributed by atoms with Gasteiger partial charge in [-0.3, -0.25) is 4.68 Å². The summed E-state index contributed by atoms with van der Waals surface area (Å²) in [5.74, 6) is 0.449. The van der Waals surface area contributed by atoms with E-state index in [0.29, 0.717) is 23.9 Å². The predicted molar refractivity (Wildman–Crippen MR) is 80.5 cm³/mol. The maximum atomic E-state index is 13.0. The van der Waals surface area contributed by atoms with Crippen LogP contribution in [0.5, 0.6) is 0 Å². The van der Waals surface area contributed by atoms with Crippen LogP contribution in [0.2, 0.25) is 0 Å². The van der Waals surface area contributed by atoms with Gasteiger partial charge in [0.25, 0.3) is 0 Å². The molecule has 2 bridgehead atoms. The van der Waals surface area contributed by atoms with Gasteiger partial charge in [0, 0.05) is 32.2 Å². The zero-order chi connectivity index (χ0) is 15.2. The van der Waals surface area contributed by atoms with Crippen LogP contribution in [0.1, 0.15) is 25.5 Å². The van der Waals surface area contributed by atoms with Gasteiger partial charge in [-0.15, -0.1) is 0 Å². The van der Waals surface area contributed by atoms with Gasteiger partial charge >= 0.3 is 0 Å². The Morgan fingerprint density at radius 2 is 2.05 bits per heavy atom. The van der Waals surface area contributed by atoms with E-state index in [0.717, 1.165) is 31.6 Å². The molecule has 21 heavy (non-hydrogen) atoms. The Morgan fingerprint density at radius 1 is 1.29 bits per heavy atom. The zero-order valence-corrected chi connectivity index (χ0v) is 13.8. The molecule has 1 aromatic rings. The molecule has 4 rings (SSSR count). The van der Waals surface area contributed by atoms with Crippen molar-refractivity contribution >= 4 is 10.0 Å². The first-order chi connectivity index (χ1) is 9.93. The third kappa shape index (κ3) is 2.51. The Bertz CT molecular complexity index is 625. The van der Waals surface area contributed by atoms with Crippen LogP contribution >= 0.6 is 0 Å². The van der Waals surface area contributed by atoms with Gasteiger partial charge in [-0.25, -0.2) is 8.42 Å². The van der Waals surface area contributed by atoms with Crippen LogP contribution in [-0.4, -0.2) is 60.1 Å². The number of aromatic nitrogens is 2. The van der Waals surface area contributed by atoms with Crippen LogP contribution in [0.4, 0.5) is 0 Å². The van der Waals surface area contributed by atoms with E-state index in [1.54, 1.807) is 8.99 Å². The molecule has 0 amide bonds. The monoisotopic (exact) mass is 312 g/mol. The minimum absolute atomic E-state index is 0.100. The first kappa shape index (κ1) is 15.0. The molecule has 0 saturated carbocycles. The summed E-state index contributed by atoms with van der Waals surface area (Å²) in [5, 5.41) is 4.20. The number of fused-ring (bicyclic) bond motifs is 4. The average molecular weight is 312 g/mol. The van der Waals surface area contributed by atoms with Gasteiger partial charge in [0.1, 0.15) is 4.90 Å². The molecule has 118 valence electrons. The second-order valence-corrected chi connectivity index (χ2v) is 8.16. The van der Waals surface area contributed by atoms with Crippen molar-refractivity contribution in [2.75, 3.05) is 26.7 Å². The fraction of sp³-hybridized carbons (Fsp3) is 0.786. The van der Waals surface area contributed by atoms with Crippen LogP contribution in [0.15, 0.2) is 11.1 Å². The van der Waals surface area contributed by atoms with Crippen molar-refractivity contribution in [3.8, 4) is 0 Å². The van der Waals surface area contributed by atoms with Crippen molar-refractivity contribution in [3.63, 3.8) is 0 Å². The number of likely N-dealkylation sites (N-methyl/N-ethyl adjacent to an activating group) is 1. The molecular weight excluding hydrogens is 288 g/mol. The second kappa shape index (κ2) is 5.37. The lowest BCUT2D eigenvalue weighted by molar-refractivity contribution is 0.229. The SMILES string of the molecule is CCn1ncc(S(=O)(=O)N2C[C@@H]3CC[C@H]2CN(C)C3)c1C. The number of hydrogen-bond acceptors (Lipinski definition) is 4. The third-order valence-electron chi connectivity index (χ3n) is 4.79. The maximum absolute atomic E-state index is 13.0. The van der Waals surface area contributed by atoms with Gasteiger partial charge < -0.3 is 4.90 Å². The highest BCUT2D eigenvalue weighted by Gasteiger charge is 2.41. The standard InChI is InChI=1S/C14H24N4O2S/c1-4-17-11(2)14(7-15-17)21(19,20)18-9-12-5-6-13(18)10-16(3)8-12/h7,12-13H,4-6,8-10H2,1-3H3/t12-,13+/m1/s1. The number of piperidine rings is 1. The first-order valence-electron chi connectivity index (χ1n) is 7.66. The minimum Gasteiger partial charge on any atom is -0.304 e. The van der Waals surface area contributed by atoms with Crippen molar-refractivity contribution in [1.82, 2.24) is 19.0 Å².